The van der Waals surface area contributed by atoms with Crippen LogP contribution in [-0.2, 0) is 4.79 Å². The van der Waals surface area contributed by atoms with Crippen molar-refractivity contribution >= 4 is 57.2 Å². The molecule has 0 aliphatic carbocycles. The fourth-order valence-electron chi connectivity index (χ4n) is 2.03. The predicted octanol–water partition coefficient (Wildman–Crippen LogP) is 4.49. The number of thioether (sulfide) groups is 1. The summed E-state index contributed by atoms with van der Waals surface area (Å²) in [5.74, 6) is -0.101. The average molecular weight is 420 g/mol. The number of amidine groups is 1. The summed E-state index contributed by atoms with van der Waals surface area (Å²) >= 11 is 3.64. The van der Waals surface area contributed by atoms with Crippen LogP contribution in [0.3, 0.4) is 0 Å². The number of hydrogen-bond acceptors (Lipinski definition) is 3. The van der Waals surface area contributed by atoms with Gasteiger partial charge in [-0.2, -0.15) is 0 Å². The smallest absolute Gasteiger partial charge is 0.264 e. The highest BCUT2D eigenvalue weighted by molar-refractivity contribution is 14.1. The van der Waals surface area contributed by atoms with Crippen molar-refractivity contribution in [3.8, 4) is 0 Å². The molecule has 0 saturated carbocycles. The highest BCUT2D eigenvalue weighted by Gasteiger charge is 2.23. The molecule has 0 unspecified atom stereocenters. The minimum atomic E-state index is -0.101. The van der Waals surface area contributed by atoms with E-state index in [1.54, 1.807) is 0 Å². The molecular weight excluding hydrogens is 407 g/mol. The summed E-state index contributed by atoms with van der Waals surface area (Å²) in [6.45, 7) is 2.02. The molecular formula is C17H13IN2OS. The number of halogens is 1. The summed E-state index contributed by atoms with van der Waals surface area (Å²) < 4.78 is 1.12. The topological polar surface area (TPSA) is 41.5 Å². The van der Waals surface area contributed by atoms with E-state index in [0.29, 0.717) is 10.1 Å². The number of rotatable bonds is 2. The molecule has 1 N–H and O–H groups in total. The van der Waals surface area contributed by atoms with Gasteiger partial charge in [-0.15, -0.1) is 0 Å². The lowest BCUT2D eigenvalue weighted by Gasteiger charge is -1.98. The number of benzene rings is 2. The van der Waals surface area contributed by atoms with Gasteiger partial charge in [0.1, 0.15) is 0 Å². The number of nitrogens with zero attached hydrogens (tertiary/aromatic N) is 1. The van der Waals surface area contributed by atoms with E-state index in [-0.39, 0.29) is 5.91 Å². The first-order valence-corrected chi connectivity index (χ1v) is 8.62. The number of amides is 1. The maximum atomic E-state index is 12.1. The zero-order valence-corrected chi connectivity index (χ0v) is 14.8. The van der Waals surface area contributed by atoms with Gasteiger partial charge < -0.3 is 5.32 Å². The molecule has 1 amide bonds. The largest absolute Gasteiger partial charge is 0.300 e. The summed E-state index contributed by atoms with van der Waals surface area (Å²) in [5, 5.41) is 3.43. The second kappa shape index (κ2) is 6.66. The van der Waals surface area contributed by atoms with Crippen LogP contribution in [0.25, 0.3) is 6.08 Å². The fraction of sp³-hybridized carbons (Fsp3) is 0.0588. The number of nitrogens with one attached hydrogen (secondary N) is 1. The Morgan fingerprint density at radius 1 is 1.18 bits per heavy atom. The van der Waals surface area contributed by atoms with Crippen LogP contribution in [0.5, 0.6) is 0 Å². The van der Waals surface area contributed by atoms with Crippen molar-refractivity contribution in [1.29, 1.82) is 0 Å². The maximum absolute atomic E-state index is 12.1. The fourth-order valence-corrected chi connectivity index (χ4v) is 3.40. The number of aliphatic imine (C=N–C) groups is 1. The molecule has 22 heavy (non-hydrogen) atoms. The van der Waals surface area contributed by atoms with E-state index in [1.165, 1.54) is 11.8 Å². The average Bonchev–Trinajstić information content (AvgIpc) is 2.81. The summed E-state index contributed by atoms with van der Waals surface area (Å²) in [5.41, 5.74) is 3.03. The molecule has 0 aromatic heterocycles. The predicted molar refractivity (Wildman–Crippen MR) is 101 cm³/mol. The monoisotopic (exact) mass is 420 g/mol. The molecule has 3 rings (SSSR count). The maximum Gasteiger partial charge on any atom is 0.264 e. The van der Waals surface area contributed by atoms with Crippen molar-refractivity contribution in [2.45, 2.75) is 6.92 Å². The van der Waals surface area contributed by atoms with E-state index in [0.717, 1.165) is 20.4 Å². The van der Waals surface area contributed by atoms with Gasteiger partial charge in [-0.25, -0.2) is 4.99 Å². The number of carbonyl (C=O) groups excluding carboxylic acids is 1. The zero-order valence-electron chi connectivity index (χ0n) is 11.8. The number of hydrogen-bond donors (Lipinski definition) is 1. The van der Waals surface area contributed by atoms with Gasteiger partial charge in [0.25, 0.3) is 5.91 Å². The summed E-state index contributed by atoms with van der Waals surface area (Å²) in [7, 11) is 0. The molecule has 2 aromatic carbocycles. The third-order valence-corrected chi connectivity index (χ3v) is 4.97. The van der Waals surface area contributed by atoms with Gasteiger partial charge in [-0.3, -0.25) is 4.79 Å². The van der Waals surface area contributed by atoms with Crippen molar-refractivity contribution in [2.24, 2.45) is 4.99 Å². The van der Waals surface area contributed by atoms with Crippen LogP contribution < -0.4 is 5.32 Å². The first-order chi connectivity index (χ1) is 10.6. The first kappa shape index (κ1) is 15.3. The van der Waals surface area contributed by atoms with Crippen molar-refractivity contribution < 1.29 is 4.79 Å². The molecule has 1 aliphatic heterocycles. The van der Waals surface area contributed by atoms with Gasteiger partial charge in [-0.1, -0.05) is 30.3 Å². The van der Waals surface area contributed by atoms with Crippen LogP contribution in [0.4, 0.5) is 5.69 Å². The van der Waals surface area contributed by atoms with Gasteiger partial charge in [0, 0.05) is 3.57 Å². The van der Waals surface area contributed by atoms with E-state index in [9.17, 15) is 4.79 Å². The molecule has 5 heteroatoms. The molecule has 1 heterocycles. The number of carbonyl (C=O) groups is 1. The van der Waals surface area contributed by atoms with Gasteiger partial charge >= 0.3 is 0 Å². The lowest BCUT2D eigenvalue weighted by molar-refractivity contribution is -0.115. The SMILES string of the molecule is Cc1cccc(N=C2NC(=O)/C(=C\c3ccccc3I)S2)c1. The molecule has 1 aliphatic rings. The third kappa shape index (κ3) is 3.59. The van der Waals surface area contributed by atoms with Crippen LogP contribution >= 0.6 is 34.4 Å². The Bertz CT molecular complexity index is 799. The van der Waals surface area contributed by atoms with Crippen LogP contribution in [0.15, 0.2) is 58.4 Å². The van der Waals surface area contributed by atoms with Gasteiger partial charge in [-0.05, 0) is 76.7 Å². The van der Waals surface area contributed by atoms with E-state index in [1.807, 2.05) is 61.5 Å². The highest BCUT2D eigenvalue weighted by Crippen LogP contribution is 2.29. The summed E-state index contributed by atoms with van der Waals surface area (Å²) in [6, 6.07) is 15.9. The highest BCUT2D eigenvalue weighted by atomic mass is 127. The number of aryl methyl sites for hydroxylation is 1. The molecule has 0 bridgehead atoms. The Kier molecular flexibility index (Phi) is 4.63. The Hall–Kier alpha value is -1.60. The second-order valence-corrected chi connectivity index (χ2v) is 7.04. The Labute approximate surface area is 147 Å². The standard InChI is InChI=1S/C17H13IN2OS/c1-11-5-4-7-13(9-11)19-17-20-16(21)15(22-17)10-12-6-2-3-8-14(12)18/h2-10H,1H3,(H,19,20,21)/b15-10+. The Balaban J connectivity index is 1.86. The van der Waals surface area contributed by atoms with Crippen LogP contribution in [-0.4, -0.2) is 11.1 Å². The minimum Gasteiger partial charge on any atom is -0.300 e. The molecule has 3 nitrogen and oxygen atoms in total. The van der Waals surface area contributed by atoms with Gasteiger partial charge in [0.2, 0.25) is 0 Å². The molecule has 110 valence electrons. The molecule has 2 aromatic rings. The summed E-state index contributed by atoms with van der Waals surface area (Å²) in [6.07, 6.45) is 1.90. The van der Waals surface area contributed by atoms with E-state index < -0.39 is 0 Å². The van der Waals surface area contributed by atoms with Crippen molar-refractivity contribution in [3.05, 3.63) is 68.1 Å². The second-order valence-electron chi connectivity index (χ2n) is 4.84. The van der Waals surface area contributed by atoms with E-state index >= 15 is 0 Å². The Morgan fingerprint density at radius 2 is 2.00 bits per heavy atom. The lowest BCUT2D eigenvalue weighted by atomic mass is 10.2. The lowest BCUT2D eigenvalue weighted by Crippen LogP contribution is -2.19. The van der Waals surface area contributed by atoms with Gasteiger partial charge in [0.05, 0.1) is 10.6 Å². The molecule has 0 spiro atoms. The zero-order chi connectivity index (χ0) is 15.5. The normalized spacial score (nSPS) is 18.0. The van der Waals surface area contributed by atoms with Crippen LogP contribution in [0.2, 0.25) is 0 Å². The van der Waals surface area contributed by atoms with Gasteiger partial charge in [0.15, 0.2) is 5.17 Å². The quantitative estimate of drug-likeness (QED) is 0.575. The minimum absolute atomic E-state index is 0.101. The van der Waals surface area contributed by atoms with E-state index in [2.05, 4.69) is 32.9 Å². The molecule has 0 atom stereocenters. The molecule has 1 saturated heterocycles. The third-order valence-electron chi connectivity index (χ3n) is 3.08. The van der Waals surface area contributed by atoms with Crippen molar-refractivity contribution in [2.75, 3.05) is 0 Å². The summed E-state index contributed by atoms with van der Waals surface area (Å²) in [4.78, 5) is 17.2. The molecule has 0 radical (unpaired) electrons. The van der Waals surface area contributed by atoms with Crippen molar-refractivity contribution in [3.63, 3.8) is 0 Å². The molecule has 1 fully saturated rings. The van der Waals surface area contributed by atoms with Crippen molar-refractivity contribution in [1.82, 2.24) is 5.32 Å². The van der Waals surface area contributed by atoms with E-state index in [4.69, 9.17) is 0 Å². The Morgan fingerprint density at radius 3 is 2.77 bits per heavy atom. The van der Waals surface area contributed by atoms with Crippen LogP contribution in [0.1, 0.15) is 11.1 Å². The first-order valence-electron chi connectivity index (χ1n) is 6.72. The van der Waals surface area contributed by atoms with Crippen LogP contribution in [0, 0.1) is 10.5 Å².